The fourth-order valence-corrected chi connectivity index (χ4v) is 3.20. The van der Waals surface area contributed by atoms with E-state index in [0.29, 0.717) is 13.1 Å². The van der Waals surface area contributed by atoms with Gasteiger partial charge in [0.15, 0.2) is 0 Å². The molecule has 0 saturated carbocycles. The Morgan fingerprint density at radius 1 is 1.42 bits per heavy atom. The zero-order valence-electron chi connectivity index (χ0n) is 15.4. The molecule has 1 aliphatic heterocycles. The Morgan fingerprint density at radius 2 is 2.12 bits per heavy atom. The van der Waals surface area contributed by atoms with Crippen LogP contribution >= 0.6 is 0 Å². The van der Waals surface area contributed by atoms with E-state index in [9.17, 15) is 9.90 Å². The van der Waals surface area contributed by atoms with E-state index in [1.165, 1.54) is 0 Å². The van der Waals surface area contributed by atoms with Crippen LogP contribution in [0.1, 0.15) is 45.7 Å². The van der Waals surface area contributed by atoms with E-state index in [1.54, 1.807) is 18.9 Å². The minimum absolute atomic E-state index is 0.0686. The lowest BCUT2D eigenvalue weighted by Crippen LogP contribution is -2.44. The molecule has 0 bridgehead atoms. The van der Waals surface area contributed by atoms with Gasteiger partial charge in [-0.2, -0.15) is 0 Å². The maximum Gasteiger partial charge on any atom is 0.317 e. The summed E-state index contributed by atoms with van der Waals surface area (Å²) in [7, 11) is 1.64. The average molecular weight is 334 g/mol. The summed E-state index contributed by atoms with van der Waals surface area (Å²) in [4.78, 5) is 14.5. The van der Waals surface area contributed by atoms with Crippen molar-refractivity contribution in [1.82, 2.24) is 10.2 Å². The summed E-state index contributed by atoms with van der Waals surface area (Å²) in [5.41, 5.74) is 0.896. The maximum atomic E-state index is 12.7. The van der Waals surface area contributed by atoms with E-state index in [2.05, 4.69) is 26.1 Å². The van der Waals surface area contributed by atoms with Crippen molar-refractivity contribution >= 4 is 6.03 Å². The van der Waals surface area contributed by atoms with Crippen LogP contribution in [-0.2, 0) is 0 Å². The molecule has 0 aliphatic carbocycles. The number of likely N-dealkylation sites (tertiary alicyclic amines) is 1. The summed E-state index contributed by atoms with van der Waals surface area (Å²) in [5, 5.41) is 12.9. The first kappa shape index (κ1) is 18.6. The third-order valence-corrected chi connectivity index (χ3v) is 4.76. The number of hydrogen-bond donors (Lipinski definition) is 2. The van der Waals surface area contributed by atoms with Gasteiger partial charge in [0.1, 0.15) is 5.75 Å². The lowest BCUT2D eigenvalue weighted by Gasteiger charge is -2.33. The number of methoxy groups -OCH3 is 1. The standard InChI is InChI=1S/C19H30N2O3/c1-13(22)15-9-10-21(12-15)18(23)20-17(19(2,3)4)14-7-6-8-16(11-14)24-5/h6-8,11,13,15,17,22H,9-10,12H2,1-5H3,(H,20,23). The predicted octanol–water partition coefficient (Wildman–Crippen LogP) is 3.19. The number of hydrogen-bond acceptors (Lipinski definition) is 3. The van der Waals surface area contributed by atoms with Gasteiger partial charge in [0.2, 0.25) is 0 Å². The van der Waals surface area contributed by atoms with Gasteiger partial charge in [-0.1, -0.05) is 32.9 Å². The molecule has 1 saturated heterocycles. The third-order valence-electron chi connectivity index (χ3n) is 4.76. The first-order chi connectivity index (χ1) is 11.2. The largest absolute Gasteiger partial charge is 0.497 e. The van der Waals surface area contributed by atoms with Crippen molar-refractivity contribution < 1.29 is 14.6 Å². The quantitative estimate of drug-likeness (QED) is 0.889. The third kappa shape index (κ3) is 4.41. The van der Waals surface area contributed by atoms with Gasteiger partial charge in [0, 0.05) is 19.0 Å². The topological polar surface area (TPSA) is 61.8 Å². The van der Waals surface area contributed by atoms with Crippen LogP contribution < -0.4 is 10.1 Å². The first-order valence-electron chi connectivity index (χ1n) is 8.60. The highest BCUT2D eigenvalue weighted by molar-refractivity contribution is 5.75. The smallest absolute Gasteiger partial charge is 0.317 e. The SMILES string of the molecule is COc1cccc(C(NC(=O)N2CCC(C(C)O)C2)C(C)(C)C)c1. The van der Waals surface area contributed by atoms with Crippen LogP contribution in [0, 0.1) is 11.3 Å². The van der Waals surface area contributed by atoms with Crippen molar-refractivity contribution in [3.05, 3.63) is 29.8 Å². The normalized spacial score (nSPS) is 20.6. The molecule has 1 aromatic carbocycles. The van der Waals surface area contributed by atoms with Crippen LogP contribution in [0.5, 0.6) is 5.75 Å². The zero-order valence-corrected chi connectivity index (χ0v) is 15.4. The van der Waals surface area contributed by atoms with Gasteiger partial charge in [0.05, 0.1) is 19.3 Å². The molecule has 1 heterocycles. The first-order valence-corrected chi connectivity index (χ1v) is 8.60. The molecule has 5 nitrogen and oxygen atoms in total. The second-order valence-electron chi connectivity index (χ2n) is 7.76. The highest BCUT2D eigenvalue weighted by Gasteiger charge is 2.33. The van der Waals surface area contributed by atoms with E-state index < -0.39 is 0 Å². The summed E-state index contributed by atoms with van der Waals surface area (Å²) in [6, 6.07) is 7.64. The molecule has 24 heavy (non-hydrogen) atoms. The maximum absolute atomic E-state index is 12.7. The van der Waals surface area contributed by atoms with Crippen molar-refractivity contribution in [3.63, 3.8) is 0 Å². The van der Waals surface area contributed by atoms with Crippen LogP contribution in [0.3, 0.4) is 0 Å². The number of carbonyl (C=O) groups is 1. The average Bonchev–Trinajstić information content (AvgIpc) is 3.01. The minimum Gasteiger partial charge on any atom is -0.497 e. The molecule has 0 spiro atoms. The van der Waals surface area contributed by atoms with Crippen LogP contribution in [0.15, 0.2) is 24.3 Å². The fraction of sp³-hybridized carbons (Fsp3) is 0.632. The number of benzene rings is 1. The lowest BCUT2D eigenvalue weighted by atomic mass is 9.82. The number of rotatable bonds is 4. The van der Waals surface area contributed by atoms with Crippen molar-refractivity contribution in [2.45, 2.75) is 46.3 Å². The van der Waals surface area contributed by atoms with E-state index in [-0.39, 0.29) is 29.5 Å². The van der Waals surface area contributed by atoms with Crippen molar-refractivity contribution in [3.8, 4) is 5.75 Å². The van der Waals surface area contributed by atoms with Gasteiger partial charge in [-0.25, -0.2) is 4.79 Å². The molecule has 2 rings (SSSR count). The summed E-state index contributed by atoms with van der Waals surface area (Å²) in [6.07, 6.45) is 0.476. The molecule has 5 heteroatoms. The van der Waals surface area contributed by atoms with Crippen LogP contribution in [0.2, 0.25) is 0 Å². The summed E-state index contributed by atoms with van der Waals surface area (Å²) in [6.45, 7) is 9.43. The Labute approximate surface area is 145 Å². The second kappa shape index (κ2) is 7.43. The molecule has 0 radical (unpaired) electrons. The molecule has 1 fully saturated rings. The Kier molecular flexibility index (Phi) is 5.75. The highest BCUT2D eigenvalue weighted by atomic mass is 16.5. The van der Waals surface area contributed by atoms with Crippen molar-refractivity contribution in [2.24, 2.45) is 11.3 Å². The monoisotopic (exact) mass is 334 g/mol. The number of nitrogens with one attached hydrogen (secondary N) is 1. The number of nitrogens with zero attached hydrogens (tertiary/aromatic N) is 1. The number of aliphatic hydroxyl groups is 1. The molecule has 134 valence electrons. The Morgan fingerprint density at radius 3 is 2.67 bits per heavy atom. The Hall–Kier alpha value is -1.75. The van der Waals surface area contributed by atoms with Crippen molar-refractivity contribution in [1.29, 1.82) is 0 Å². The summed E-state index contributed by atoms with van der Waals surface area (Å²) >= 11 is 0. The van der Waals surface area contributed by atoms with E-state index in [0.717, 1.165) is 17.7 Å². The van der Waals surface area contributed by atoms with Crippen LogP contribution in [0.4, 0.5) is 4.79 Å². The molecule has 1 aliphatic rings. The number of ether oxygens (including phenoxy) is 1. The van der Waals surface area contributed by atoms with Gasteiger partial charge in [0.25, 0.3) is 0 Å². The van der Waals surface area contributed by atoms with Gasteiger partial charge >= 0.3 is 6.03 Å². The predicted molar refractivity (Wildman–Crippen MR) is 95.1 cm³/mol. The lowest BCUT2D eigenvalue weighted by molar-refractivity contribution is 0.128. The second-order valence-corrected chi connectivity index (χ2v) is 7.76. The van der Waals surface area contributed by atoms with E-state index >= 15 is 0 Å². The number of aliphatic hydroxyl groups excluding tert-OH is 1. The molecule has 3 unspecified atom stereocenters. The molecular formula is C19H30N2O3. The number of urea groups is 1. The zero-order chi connectivity index (χ0) is 17.9. The molecule has 2 amide bonds. The van der Waals surface area contributed by atoms with Gasteiger partial charge in [-0.05, 0) is 36.5 Å². The summed E-state index contributed by atoms with van der Waals surface area (Å²) < 4.78 is 5.31. The summed E-state index contributed by atoms with van der Waals surface area (Å²) in [5.74, 6) is 0.951. The molecule has 3 atom stereocenters. The van der Waals surface area contributed by atoms with E-state index in [4.69, 9.17) is 4.74 Å². The van der Waals surface area contributed by atoms with Crippen molar-refractivity contribution in [2.75, 3.05) is 20.2 Å². The Balaban J connectivity index is 2.13. The Bertz CT molecular complexity index is 566. The molecular weight excluding hydrogens is 304 g/mol. The van der Waals surface area contributed by atoms with Crippen LogP contribution in [0.25, 0.3) is 0 Å². The van der Waals surface area contributed by atoms with E-state index in [1.807, 2.05) is 24.3 Å². The van der Waals surface area contributed by atoms with Gasteiger partial charge < -0.3 is 20.1 Å². The molecule has 2 N–H and O–H groups in total. The molecule has 1 aromatic rings. The molecule has 0 aromatic heterocycles. The van der Waals surface area contributed by atoms with Crippen LogP contribution in [-0.4, -0.2) is 42.3 Å². The number of amides is 2. The van der Waals surface area contributed by atoms with Gasteiger partial charge in [-0.3, -0.25) is 0 Å². The highest BCUT2D eigenvalue weighted by Crippen LogP contribution is 2.34. The number of carbonyl (C=O) groups excluding carboxylic acids is 1. The minimum atomic E-state index is -0.375. The fourth-order valence-electron chi connectivity index (χ4n) is 3.20. The van der Waals surface area contributed by atoms with Gasteiger partial charge in [-0.15, -0.1) is 0 Å².